The molecule has 3 aliphatic carbocycles. The number of anilines is 1. The molecule has 1 N–H and O–H groups in total. The molecule has 2 aliphatic heterocycles. The number of phenolic OH excluding ortho intramolecular Hbond substituents is 1. The van der Waals surface area contributed by atoms with E-state index in [1.807, 2.05) is 48.6 Å². The number of methoxy groups -OCH3 is 2. The summed E-state index contributed by atoms with van der Waals surface area (Å²) in [6.45, 7) is 0. The molecule has 4 unspecified atom stereocenters. The van der Waals surface area contributed by atoms with Crippen molar-refractivity contribution in [1.82, 2.24) is 0 Å². The van der Waals surface area contributed by atoms with Gasteiger partial charge < -0.3 is 19.3 Å². The largest absolute Gasteiger partial charge is 0.508 e. The fourth-order valence-electron chi connectivity index (χ4n) is 8.16. The van der Waals surface area contributed by atoms with E-state index < -0.39 is 23.7 Å². The summed E-state index contributed by atoms with van der Waals surface area (Å²) in [5.74, 6) is -1.49. The fourth-order valence-corrected chi connectivity index (χ4v) is 8.61. The highest BCUT2D eigenvalue weighted by molar-refractivity contribution is 9.12. The van der Waals surface area contributed by atoms with Crippen molar-refractivity contribution < 1.29 is 38.5 Å². The van der Waals surface area contributed by atoms with E-state index in [0.717, 1.165) is 27.8 Å². The molecule has 1 saturated heterocycles. The topological polar surface area (TPSA) is 119 Å². The highest BCUT2D eigenvalue weighted by Crippen LogP contribution is 2.55. The van der Waals surface area contributed by atoms with Gasteiger partial charge in [-0.05, 0) is 94.4 Å². The number of carbonyl (C=O) groups excluding carboxylic acids is 4. The van der Waals surface area contributed by atoms with E-state index >= 15 is 0 Å². The van der Waals surface area contributed by atoms with Gasteiger partial charge in [0.15, 0.2) is 11.6 Å². The van der Waals surface area contributed by atoms with Crippen molar-refractivity contribution in [2.45, 2.75) is 19.3 Å². The molecule has 51 heavy (non-hydrogen) atoms. The van der Waals surface area contributed by atoms with Crippen molar-refractivity contribution in [3.8, 4) is 23.0 Å². The first-order chi connectivity index (χ1) is 24.7. The third kappa shape index (κ3) is 5.45. The zero-order valence-electron chi connectivity index (χ0n) is 27.7. The van der Waals surface area contributed by atoms with Crippen LogP contribution in [0.5, 0.6) is 23.0 Å². The molecule has 3 aromatic rings. The Bertz CT molecular complexity index is 2210. The van der Waals surface area contributed by atoms with Gasteiger partial charge in [-0.2, -0.15) is 0 Å². The van der Waals surface area contributed by atoms with E-state index in [4.69, 9.17) is 14.2 Å². The van der Waals surface area contributed by atoms with E-state index in [1.165, 1.54) is 11.0 Å². The van der Waals surface area contributed by atoms with Gasteiger partial charge in [0.05, 0.1) is 42.5 Å². The van der Waals surface area contributed by atoms with Crippen LogP contribution in [0.3, 0.4) is 0 Å². The van der Waals surface area contributed by atoms with E-state index in [0.29, 0.717) is 46.9 Å². The van der Waals surface area contributed by atoms with Gasteiger partial charge in [0.2, 0.25) is 11.8 Å². The van der Waals surface area contributed by atoms with E-state index in [9.17, 15) is 24.3 Å². The second-order valence-corrected chi connectivity index (χ2v) is 14.1. The van der Waals surface area contributed by atoms with Crippen LogP contribution in [0, 0.1) is 23.7 Å². The van der Waals surface area contributed by atoms with Crippen LogP contribution in [-0.4, -0.2) is 42.7 Å². The summed E-state index contributed by atoms with van der Waals surface area (Å²) in [6.07, 6.45) is 9.60. The Morgan fingerprint density at radius 2 is 1.73 bits per heavy atom. The number of Topliss-reactive ketones (excluding diaryl/α,β-unsaturated/α-hetero) is 1. The number of halogens is 1. The van der Waals surface area contributed by atoms with Crippen LogP contribution in [0.25, 0.3) is 12.2 Å². The van der Waals surface area contributed by atoms with Crippen molar-refractivity contribution in [2.75, 3.05) is 19.1 Å². The predicted molar refractivity (Wildman–Crippen MR) is 193 cm³/mol. The third-order valence-corrected chi connectivity index (χ3v) is 11.1. The number of allylic oxidation sites excluding steroid dienone is 7. The zero-order chi connectivity index (χ0) is 35.6. The van der Waals surface area contributed by atoms with E-state index in [1.54, 1.807) is 50.8 Å². The molecule has 5 aliphatic rings. The monoisotopic (exact) mass is 745 g/mol. The number of carbonyl (C=O) groups is 4. The number of phenols is 1. The summed E-state index contributed by atoms with van der Waals surface area (Å²) in [4.78, 5) is 56.8. The number of ketones is 2. The average Bonchev–Trinajstić information content (AvgIpc) is 3.40. The Kier molecular flexibility index (Phi) is 8.14. The molecular formula is C41H32BrNO8. The van der Waals surface area contributed by atoms with Crippen molar-refractivity contribution in [1.29, 1.82) is 0 Å². The first-order valence-electron chi connectivity index (χ1n) is 16.6. The van der Waals surface area contributed by atoms with Crippen molar-refractivity contribution in [2.24, 2.45) is 23.7 Å². The maximum absolute atomic E-state index is 14.4. The summed E-state index contributed by atoms with van der Waals surface area (Å²) in [7, 11) is 3.21. The van der Waals surface area contributed by atoms with Crippen molar-refractivity contribution in [3.63, 3.8) is 0 Å². The number of hydrogen-bond donors (Lipinski definition) is 1. The minimum atomic E-state index is -0.705. The SMILES string of the molecule is COc1ccc(OC)c(C=Cc2ccc(N3C(=O)C4CC=C5C(C6=COc7ccc(O)cc7C6)C6=C(CC5C4C3=O)C(=O)C(Br)=CC6=O)cc2)c1. The summed E-state index contributed by atoms with van der Waals surface area (Å²) < 4.78 is 17.0. The number of aromatic hydroxyl groups is 1. The molecule has 10 heteroatoms. The smallest absolute Gasteiger partial charge is 0.238 e. The summed E-state index contributed by atoms with van der Waals surface area (Å²) in [5.41, 5.74) is 5.23. The Hall–Kier alpha value is -5.48. The quantitative estimate of drug-likeness (QED) is 0.125. The molecule has 9 nitrogen and oxygen atoms in total. The molecule has 0 saturated carbocycles. The maximum atomic E-state index is 14.4. The number of fused-ring (bicyclic) bond motifs is 4. The van der Waals surface area contributed by atoms with Crippen LogP contribution >= 0.6 is 15.9 Å². The van der Waals surface area contributed by atoms with Crippen LogP contribution in [0.1, 0.15) is 29.5 Å². The highest BCUT2D eigenvalue weighted by Gasteiger charge is 2.57. The summed E-state index contributed by atoms with van der Waals surface area (Å²) in [6, 6.07) is 17.6. The molecule has 3 aromatic carbocycles. The van der Waals surface area contributed by atoms with Crippen LogP contribution in [-0.2, 0) is 25.6 Å². The molecule has 8 rings (SSSR count). The normalized spacial score (nSPS) is 23.9. The molecule has 1 fully saturated rings. The Morgan fingerprint density at radius 3 is 2.49 bits per heavy atom. The van der Waals surface area contributed by atoms with Gasteiger partial charge in [0.1, 0.15) is 23.0 Å². The van der Waals surface area contributed by atoms with Crippen LogP contribution < -0.4 is 19.1 Å². The number of hydrogen-bond acceptors (Lipinski definition) is 8. The minimum Gasteiger partial charge on any atom is -0.508 e. The molecule has 0 radical (unpaired) electrons. The van der Waals surface area contributed by atoms with Gasteiger partial charge in [0.25, 0.3) is 0 Å². The van der Waals surface area contributed by atoms with Gasteiger partial charge in [-0.3, -0.25) is 24.1 Å². The molecule has 0 aromatic heterocycles. The first-order valence-corrected chi connectivity index (χ1v) is 17.4. The molecule has 0 bridgehead atoms. The number of amides is 2. The molecule has 256 valence electrons. The molecular weight excluding hydrogens is 714 g/mol. The van der Waals surface area contributed by atoms with Crippen LogP contribution in [0.15, 0.2) is 106 Å². The Morgan fingerprint density at radius 1 is 0.922 bits per heavy atom. The number of nitrogens with zero attached hydrogens (tertiary/aromatic N) is 1. The van der Waals surface area contributed by atoms with Crippen LogP contribution in [0.2, 0.25) is 0 Å². The van der Waals surface area contributed by atoms with Crippen LogP contribution in [0.4, 0.5) is 5.69 Å². The maximum Gasteiger partial charge on any atom is 0.238 e. The van der Waals surface area contributed by atoms with Gasteiger partial charge in [-0.25, -0.2) is 0 Å². The number of benzene rings is 3. The summed E-state index contributed by atoms with van der Waals surface area (Å²) >= 11 is 3.28. The lowest BCUT2D eigenvalue weighted by molar-refractivity contribution is -0.123. The van der Waals surface area contributed by atoms with Crippen molar-refractivity contribution in [3.05, 3.63) is 123 Å². The highest BCUT2D eigenvalue weighted by atomic mass is 79.9. The molecule has 0 spiro atoms. The van der Waals surface area contributed by atoms with Gasteiger partial charge in [-0.1, -0.05) is 35.9 Å². The zero-order valence-corrected chi connectivity index (χ0v) is 29.3. The number of ether oxygens (including phenoxy) is 3. The van der Waals surface area contributed by atoms with Gasteiger partial charge >= 0.3 is 0 Å². The molecule has 2 heterocycles. The minimum absolute atomic E-state index is 0.0897. The second-order valence-electron chi connectivity index (χ2n) is 13.2. The van der Waals surface area contributed by atoms with Gasteiger partial charge in [-0.15, -0.1) is 0 Å². The third-order valence-electron chi connectivity index (χ3n) is 10.5. The predicted octanol–water partition coefficient (Wildman–Crippen LogP) is 6.90. The van der Waals surface area contributed by atoms with Gasteiger partial charge in [0, 0.05) is 40.7 Å². The van der Waals surface area contributed by atoms with E-state index in [-0.39, 0.29) is 40.0 Å². The first kappa shape index (κ1) is 32.7. The lowest BCUT2D eigenvalue weighted by Crippen LogP contribution is -2.41. The fraction of sp³-hybridized carbons (Fsp3) is 0.220. The summed E-state index contributed by atoms with van der Waals surface area (Å²) in [5, 5.41) is 10.2. The Labute approximate surface area is 302 Å². The lowest BCUT2D eigenvalue weighted by Gasteiger charge is -2.43. The molecule has 4 atom stereocenters. The Balaban J connectivity index is 1.11. The molecule has 2 amide bonds. The average molecular weight is 747 g/mol. The second kappa shape index (κ2) is 12.7. The van der Waals surface area contributed by atoms with Crippen molar-refractivity contribution >= 4 is 57.2 Å². The lowest BCUT2D eigenvalue weighted by atomic mass is 9.59. The standard InChI is InChI=1S/C41H32BrNO8/c1-49-27-10-14-34(50-2)22(17-27)6-3-21-4-7-25(8-5-21)43-40(47)29-12-11-28-30(37(29)41(43)48)18-31-38(33(45)19-32(42)39(31)46)36(28)24-15-23-16-26(44)9-13-35(23)51-20-24/h3-11,13-14,16-17,19-20,29-30,36-37,44H,12,15,18H2,1-2H3. The number of imide groups is 1. The number of rotatable bonds is 6. The van der Waals surface area contributed by atoms with E-state index in [2.05, 4.69) is 15.9 Å².